The Kier molecular flexibility index (Phi) is 6.51. The van der Waals surface area contributed by atoms with Gasteiger partial charge in [0.1, 0.15) is 6.54 Å². The fourth-order valence-electron chi connectivity index (χ4n) is 1.61. The van der Waals surface area contributed by atoms with E-state index >= 15 is 0 Å². The number of anilines is 1. The number of hydrogen-bond acceptors (Lipinski definition) is 4. The predicted molar refractivity (Wildman–Crippen MR) is 72.4 cm³/mol. The summed E-state index contributed by atoms with van der Waals surface area (Å²) in [7, 11) is 1.68. The van der Waals surface area contributed by atoms with Gasteiger partial charge in [-0.2, -0.15) is 5.10 Å². The molecule has 112 valence electrons. The van der Waals surface area contributed by atoms with Gasteiger partial charge in [-0.05, 0) is 19.3 Å². The van der Waals surface area contributed by atoms with E-state index in [1.807, 2.05) is 0 Å². The van der Waals surface area contributed by atoms with Gasteiger partial charge >= 0.3 is 12.0 Å². The largest absolute Gasteiger partial charge is 0.480 e. The van der Waals surface area contributed by atoms with Crippen molar-refractivity contribution in [1.82, 2.24) is 14.7 Å². The van der Waals surface area contributed by atoms with E-state index in [9.17, 15) is 9.59 Å². The Hall–Kier alpha value is -2.09. The molecule has 1 rings (SSSR count). The van der Waals surface area contributed by atoms with Crippen LogP contribution in [-0.2, 0) is 11.3 Å². The summed E-state index contributed by atoms with van der Waals surface area (Å²) in [5, 5.41) is 23.7. The molecule has 2 amide bonds. The number of nitrogens with zero attached hydrogens (tertiary/aromatic N) is 3. The Morgan fingerprint density at radius 3 is 2.80 bits per heavy atom. The number of aromatic nitrogens is 2. The lowest BCUT2D eigenvalue weighted by Crippen LogP contribution is -2.32. The second-order valence-corrected chi connectivity index (χ2v) is 4.46. The summed E-state index contributed by atoms with van der Waals surface area (Å²) in [6.45, 7) is 0.515. The molecule has 1 aromatic heterocycles. The molecule has 0 aliphatic carbocycles. The van der Waals surface area contributed by atoms with Gasteiger partial charge in [0.25, 0.3) is 0 Å². The number of aliphatic carboxylic acids is 1. The second-order valence-electron chi connectivity index (χ2n) is 4.46. The van der Waals surface area contributed by atoms with Crippen molar-refractivity contribution < 1.29 is 19.8 Å². The van der Waals surface area contributed by atoms with Crippen LogP contribution in [0.1, 0.15) is 19.3 Å². The molecule has 0 bridgehead atoms. The molecule has 3 N–H and O–H groups in total. The summed E-state index contributed by atoms with van der Waals surface area (Å²) in [4.78, 5) is 23.9. The molecule has 0 aromatic carbocycles. The molecule has 20 heavy (non-hydrogen) atoms. The van der Waals surface area contributed by atoms with Crippen LogP contribution >= 0.6 is 0 Å². The van der Waals surface area contributed by atoms with Crippen molar-refractivity contribution in [2.75, 3.05) is 25.5 Å². The van der Waals surface area contributed by atoms with Crippen LogP contribution in [0.3, 0.4) is 0 Å². The van der Waals surface area contributed by atoms with Gasteiger partial charge in [0.15, 0.2) is 0 Å². The molecular weight excluding hydrogens is 264 g/mol. The third-order valence-corrected chi connectivity index (χ3v) is 2.68. The maximum absolute atomic E-state index is 11.8. The molecule has 0 unspecified atom stereocenters. The minimum absolute atomic E-state index is 0.165. The molecule has 0 fully saturated rings. The zero-order chi connectivity index (χ0) is 15.0. The summed E-state index contributed by atoms with van der Waals surface area (Å²) in [5.74, 6) is -0.994. The Morgan fingerprint density at radius 2 is 2.15 bits per heavy atom. The third-order valence-electron chi connectivity index (χ3n) is 2.68. The molecule has 1 heterocycles. The maximum Gasteiger partial charge on any atom is 0.325 e. The van der Waals surface area contributed by atoms with Crippen LogP contribution in [0.4, 0.5) is 10.5 Å². The van der Waals surface area contributed by atoms with Crippen LogP contribution in [0, 0.1) is 0 Å². The number of rotatable bonds is 8. The summed E-state index contributed by atoms with van der Waals surface area (Å²) in [5.41, 5.74) is 0.457. The quantitative estimate of drug-likeness (QED) is 0.606. The van der Waals surface area contributed by atoms with Gasteiger partial charge in [0.2, 0.25) is 0 Å². The van der Waals surface area contributed by atoms with Crippen LogP contribution in [0.25, 0.3) is 0 Å². The predicted octanol–water partition coefficient (Wildman–Crippen LogP) is 0.594. The normalized spacial score (nSPS) is 10.3. The highest BCUT2D eigenvalue weighted by Crippen LogP contribution is 2.06. The zero-order valence-corrected chi connectivity index (χ0v) is 11.4. The smallest absolute Gasteiger partial charge is 0.325 e. The van der Waals surface area contributed by atoms with E-state index in [1.165, 1.54) is 22.0 Å². The first kappa shape index (κ1) is 16.0. The molecule has 0 atom stereocenters. The number of amides is 2. The van der Waals surface area contributed by atoms with Crippen LogP contribution in [0.2, 0.25) is 0 Å². The lowest BCUT2D eigenvalue weighted by atomic mass is 10.2. The van der Waals surface area contributed by atoms with Crippen LogP contribution in [-0.4, -0.2) is 57.1 Å². The van der Waals surface area contributed by atoms with Gasteiger partial charge < -0.3 is 20.4 Å². The maximum atomic E-state index is 11.8. The number of unbranched alkanes of at least 4 members (excludes halogenated alkanes) is 2. The van der Waals surface area contributed by atoms with Gasteiger partial charge in [0.05, 0.1) is 11.9 Å². The number of carboxylic acids is 1. The number of urea groups is 1. The average molecular weight is 284 g/mol. The van der Waals surface area contributed by atoms with Crippen molar-refractivity contribution in [2.24, 2.45) is 0 Å². The lowest BCUT2D eigenvalue weighted by molar-refractivity contribution is -0.137. The fourth-order valence-corrected chi connectivity index (χ4v) is 1.61. The van der Waals surface area contributed by atoms with Crippen LogP contribution in [0.5, 0.6) is 0 Å². The fraction of sp³-hybridized carbons (Fsp3) is 0.583. The van der Waals surface area contributed by atoms with Crippen LogP contribution < -0.4 is 5.32 Å². The van der Waals surface area contributed by atoms with Crippen molar-refractivity contribution in [2.45, 2.75) is 25.8 Å². The standard InChI is InChI=1S/C12H20N4O4/c1-15(5-3-2-4-6-17)12(20)14-10-7-13-16(8-10)9-11(18)19/h7-8,17H,2-6,9H2,1H3,(H,14,20)(H,18,19). The number of carboxylic acid groups (broad SMARTS) is 1. The Morgan fingerprint density at radius 1 is 1.40 bits per heavy atom. The minimum atomic E-state index is -0.994. The Bertz CT molecular complexity index is 446. The first-order chi connectivity index (χ1) is 9.52. The van der Waals surface area contributed by atoms with Gasteiger partial charge in [-0.15, -0.1) is 0 Å². The topological polar surface area (TPSA) is 108 Å². The summed E-state index contributed by atoms with van der Waals surface area (Å²) in [6, 6.07) is -0.274. The molecule has 0 spiro atoms. The first-order valence-corrected chi connectivity index (χ1v) is 6.40. The molecule has 0 saturated heterocycles. The van der Waals surface area contributed by atoms with Gasteiger partial charge in [0, 0.05) is 26.4 Å². The number of aliphatic hydroxyl groups excluding tert-OH is 1. The highest BCUT2D eigenvalue weighted by molar-refractivity contribution is 5.88. The molecule has 0 radical (unpaired) electrons. The average Bonchev–Trinajstić information content (AvgIpc) is 2.80. The Labute approximate surface area is 117 Å². The highest BCUT2D eigenvalue weighted by Gasteiger charge is 2.10. The van der Waals surface area contributed by atoms with E-state index in [1.54, 1.807) is 7.05 Å². The molecule has 0 aliphatic heterocycles. The number of nitrogens with one attached hydrogen (secondary N) is 1. The van der Waals surface area contributed by atoms with E-state index in [0.29, 0.717) is 12.2 Å². The van der Waals surface area contributed by atoms with Gasteiger partial charge in [-0.1, -0.05) is 0 Å². The second kappa shape index (κ2) is 8.16. The van der Waals surface area contributed by atoms with E-state index in [0.717, 1.165) is 19.3 Å². The summed E-state index contributed by atoms with van der Waals surface area (Å²) in [6.07, 6.45) is 5.29. The van der Waals surface area contributed by atoms with Gasteiger partial charge in [-0.25, -0.2) is 4.79 Å². The third kappa shape index (κ3) is 5.70. The Balaban J connectivity index is 2.37. The van der Waals surface area contributed by atoms with E-state index in [2.05, 4.69) is 10.4 Å². The summed E-state index contributed by atoms with van der Waals surface area (Å²) >= 11 is 0. The zero-order valence-electron chi connectivity index (χ0n) is 11.4. The molecule has 1 aromatic rings. The molecule has 0 saturated carbocycles. The summed E-state index contributed by atoms with van der Waals surface area (Å²) < 4.78 is 1.24. The van der Waals surface area contributed by atoms with Crippen molar-refractivity contribution in [3.05, 3.63) is 12.4 Å². The van der Waals surface area contributed by atoms with Crippen LogP contribution in [0.15, 0.2) is 12.4 Å². The SMILES string of the molecule is CN(CCCCCO)C(=O)Nc1cnn(CC(=O)O)c1. The molecule has 8 nitrogen and oxygen atoms in total. The number of carbonyl (C=O) groups is 2. The van der Waals surface area contributed by atoms with E-state index in [-0.39, 0.29) is 19.2 Å². The van der Waals surface area contributed by atoms with Crippen molar-refractivity contribution in [1.29, 1.82) is 0 Å². The molecular formula is C12H20N4O4. The van der Waals surface area contributed by atoms with Crippen molar-refractivity contribution in [3.8, 4) is 0 Å². The van der Waals surface area contributed by atoms with E-state index in [4.69, 9.17) is 10.2 Å². The molecule has 8 heteroatoms. The number of aliphatic hydroxyl groups is 1. The number of hydrogen-bond donors (Lipinski definition) is 3. The minimum Gasteiger partial charge on any atom is -0.480 e. The highest BCUT2D eigenvalue weighted by atomic mass is 16.4. The first-order valence-electron chi connectivity index (χ1n) is 6.40. The van der Waals surface area contributed by atoms with Gasteiger partial charge in [-0.3, -0.25) is 9.48 Å². The van der Waals surface area contributed by atoms with Crippen molar-refractivity contribution >= 4 is 17.7 Å². The number of carbonyl (C=O) groups excluding carboxylic acids is 1. The monoisotopic (exact) mass is 284 g/mol. The lowest BCUT2D eigenvalue weighted by Gasteiger charge is -2.17. The molecule has 0 aliphatic rings. The van der Waals surface area contributed by atoms with E-state index < -0.39 is 5.97 Å². The van der Waals surface area contributed by atoms with Crippen molar-refractivity contribution in [3.63, 3.8) is 0 Å².